The van der Waals surface area contributed by atoms with Gasteiger partial charge in [0.2, 0.25) is 0 Å². The molecule has 96 valence electrons. The van der Waals surface area contributed by atoms with Crippen molar-refractivity contribution in [3.05, 3.63) is 47.5 Å². The van der Waals surface area contributed by atoms with E-state index in [1.54, 1.807) is 0 Å². The van der Waals surface area contributed by atoms with E-state index in [9.17, 15) is 0 Å². The zero-order chi connectivity index (χ0) is 13.4. The minimum absolute atomic E-state index is 0.595. The van der Waals surface area contributed by atoms with Gasteiger partial charge in [-0.1, -0.05) is 29.0 Å². The largest absolute Gasteiger partial charge is 0.375 e. The van der Waals surface area contributed by atoms with Crippen LogP contribution < -0.4 is 10.6 Å². The predicted octanol–water partition coefficient (Wildman–Crippen LogP) is 4.30. The van der Waals surface area contributed by atoms with Crippen molar-refractivity contribution in [3.8, 4) is 0 Å². The normalized spacial score (nSPS) is 10.8. The zero-order valence-electron chi connectivity index (χ0n) is 10.3. The monoisotopic (exact) mass is 289 g/mol. The van der Waals surface area contributed by atoms with E-state index in [0.29, 0.717) is 5.13 Å². The van der Waals surface area contributed by atoms with Gasteiger partial charge in [0.15, 0.2) is 5.13 Å². The molecule has 19 heavy (non-hydrogen) atoms. The quantitative estimate of drug-likeness (QED) is 0.765. The highest BCUT2D eigenvalue weighted by Crippen LogP contribution is 2.31. The highest BCUT2D eigenvalue weighted by atomic mass is 35.5. The van der Waals surface area contributed by atoms with Gasteiger partial charge >= 0.3 is 0 Å². The number of hydrogen-bond acceptors (Lipinski definition) is 4. The molecule has 1 heterocycles. The second-order valence-corrected chi connectivity index (χ2v) is 5.74. The van der Waals surface area contributed by atoms with Gasteiger partial charge in [-0.3, -0.25) is 0 Å². The van der Waals surface area contributed by atoms with Crippen molar-refractivity contribution in [1.82, 2.24) is 4.98 Å². The number of rotatable bonds is 2. The lowest BCUT2D eigenvalue weighted by Gasteiger charge is -2.19. The summed E-state index contributed by atoms with van der Waals surface area (Å²) in [6, 6.07) is 13.9. The van der Waals surface area contributed by atoms with Crippen LogP contribution in [0, 0.1) is 0 Å². The molecule has 0 radical (unpaired) electrons. The number of anilines is 3. The molecule has 0 saturated carbocycles. The van der Waals surface area contributed by atoms with Crippen LogP contribution in [0.15, 0.2) is 42.5 Å². The van der Waals surface area contributed by atoms with Crippen LogP contribution in [0.2, 0.25) is 5.02 Å². The van der Waals surface area contributed by atoms with E-state index in [1.807, 2.05) is 43.4 Å². The summed E-state index contributed by atoms with van der Waals surface area (Å²) in [5.74, 6) is 0. The number of aromatic nitrogens is 1. The molecule has 0 atom stereocenters. The number of hydrogen-bond donors (Lipinski definition) is 1. The van der Waals surface area contributed by atoms with Crippen molar-refractivity contribution in [3.63, 3.8) is 0 Å². The maximum atomic E-state index is 6.02. The van der Waals surface area contributed by atoms with Gasteiger partial charge in [0, 0.05) is 23.4 Å². The minimum atomic E-state index is 0.595. The van der Waals surface area contributed by atoms with Gasteiger partial charge in [0.25, 0.3) is 0 Å². The molecule has 0 unspecified atom stereocenters. The number of halogens is 1. The average Bonchev–Trinajstić information content (AvgIpc) is 2.76. The van der Waals surface area contributed by atoms with Gasteiger partial charge in [-0.15, -0.1) is 0 Å². The minimum Gasteiger partial charge on any atom is -0.375 e. The van der Waals surface area contributed by atoms with Crippen molar-refractivity contribution in [2.45, 2.75) is 0 Å². The fourth-order valence-electron chi connectivity index (χ4n) is 1.97. The van der Waals surface area contributed by atoms with Gasteiger partial charge in [-0.25, -0.2) is 4.98 Å². The molecule has 3 rings (SSSR count). The Morgan fingerprint density at radius 2 is 1.95 bits per heavy atom. The SMILES string of the molecule is CN(c1cccc(Cl)c1)c1ccc2nc(N)sc2c1. The maximum absolute atomic E-state index is 6.02. The summed E-state index contributed by atoms with van der Waals surface area (Å²) in [4.78, 5) is 6.34. The van der Waals surface area contributed by atoms with Crippen LogP contribution in [-0.4, -0.2) is 12.0 Å². The summed E-state index contributed by atoms with van der Waals surface area (Å²) in [5.41, 5.74) is 8.79. The van der Waals surface area contributed by atoms with E-state index < -0.39 is 0 Å². The molecular formula is C14H12ClN3S. The fraction of sp³-hybridized carbons (Fsp3) is 0.0714. The summed E-state index contributed by atoms with van der Waals surface area (Å²) in [7, 11) is 2.01. The summed E-state index contributed by atoms with van der Waals surface area (Å²) >= 11 is 7.52. The number of benzene rings is 2. The number of nitrogens with zero attached hydrogens (tertiary/aromatic N) is 2. The third-order valence-corrected chi connectivity index (χ3v) is 4.05. The Morgan fingerprint density at radius 1 is 1.16 bits per heavy atom. The van der Waals surface area contributed by atoms with E-state index in [0.717, 1.165) is 26.6 Å². The molecule has 0 amide bonds. The average molecular weight is 290 g/mol. The van der Waals surface area contributed by atoms with Crippen LogP contribution in [0.4, 0.5) is 16.5 Å². The lowest BCUT2D eigenvalue weighted by Crippen LogP contribution is -2.08. The summed E-state index contributed by atoms with van der Waals surface area (Å²) in [5, 5.41) is 1.32. The van der Waals surface area contributed by atoms with Crippen molar-refractivity contribution < 1.29 is 0 Å². The first-order valence-electron chi connectivity index (χ1n) is 5.79. The molecule has 2 N–H and O–H groups in total. The van der Waals surface area contributed by atoms with E-state index in [4.69, 9.17) is 17.3 Å². The molecule has 0 fully saturated rings. The zero-order valence-corrected chi connectivity index (χ0v) is 11.9. The molecule has 3 nitrogen and oxygen atoms in total. The van der Waals surface area contributed by atoms with Gasteiger partial charge in [0.05, 0.1) is 10.2 Å². The van der Waals surface area contributed by atoms with Gasteiger partial charge in [0.1, 0.15) is 0 Å². The summed E-state index contributed by atoms with van der Waals surface area (Å²) < 4.78 is 1.09. The van der Waals surface area contributed by atoms with Gasteiger partial charge < -0.3 is 10.6 Å². The van der Waals surface area contributed by atoms with Crippen molar-refractivity contribution in [2.24, 2.45) is 0 Å². The van der Waals surface area contributed by atoms with Crippen molar-refractivity contribution >= 4 is 49.7 Å². The molecular weight excluding hydrogens is 278 g/mol. The Balaban J connectivity index is 2.03. The number of thiazole rings is 1. The molecule has 2 aromatic carbocycles. The molecule has 0 aliphatic carbocycles. The number of fused-ring (bicyclic) bond motifs is 1. The molecule has 0 spiro atoms. The van der Waals surface area contributed by atoms with Crippen LogP contribution in [-0.2, 0) is 0 Å². The molecule has 0 aliphatic heterocycles. The molecule has 3 aromatic rings. The number of nitrogens with two attached hydrogens (primary N) is 1. The first kappa shape index (κ1) is 12.3. The van der Waals surface area contributed by atoms with E-state index in [2.05, 4.69) is 16.0 Å². The van der Waals surface area contributed by atoms with Crippen molar-refractivity contribution in [2.75, 3.05) is 17.7 Å². The van der Waals surface area contributed by atoms with Gasteiger partial charge in [-0.2, -0.15) is 0 Å². The smallest absolute Gasteiger partial charge is 0.181 e. The first-order chi connectivity index (χ1) is 9.13. The van der Waals surface area contributed by atoms with Gasteiger partial charge in [-0.05, 0) is 36.4 Å². The first-order valence-corrected chi connectivity index (χ1v) is 6.98. The number of nitrogen functional groups attached to an aromatic ring is 1. The third-order valence-electron chi connectivity index (χ3n) is 2.97. The lowest BCUT2D eigenvalue weighted by molar-refractivity contribution is 1.21. The van der Waals surface area contributed by atoms with E-state index in [-0.39, 0.29) is 0 Å². The standard InChI is InChI=1S/C14H12ClN3S/c1-18(10-4-2-3-9(15)7-10)11-5-6-12-13(8-11)19-14(16)17-12/h2-8H,1H3,(H2,16,17). The third kappa shape index (κ3) is 2.37. The predicted molar refractivity (Wildman–Crippen MR) is 83.5 cm³/mol. The Morgan fingerprint density at radius 3 is 2.74 bits per heavy atom. The Hall–Kier alpha value is -1.78. The molecule has 0 aliphatic rings. The molecule has 1 aromatic heterocycles. The second-order valence-electron chi connectivity index (χ2n) is 4.24. The molecule has 0 bridgehead atoms. The molecule has 0 saturated heterocycles. The van der Waals surface area contributed by atoms with E-state index >= 15 is 0 Å². The van der Waals surface area contributed by atoms with Crippen molar-refractivity contribution in [1.29, 1.82) is 0 Å². The highest BCUT2D eigenvalue weighted by Gasteiger charge is 2.07. The maximum Gasteiger partial charge on any atom is 0.181 e. The Bertz CT molecular complexity index is 738. The lowest BCUT2D eigenvalue weighted by atomic mass is 10.2. The van der Waals surface area contributed by atoms with Crippen LogP contribution in [0.5, 0.6) is 0 Å². The van der Waals surface area contributed by atoms with Crippen LogP contribution in [0.3, 0.4) is 0 Å². The summed E-state index contributed by atoms with van der Waals surface area (Å²) in [6.45, 7) is 0. The molecule has 5 heteroatoms. The summed E-state index contributed by atoms with van der Waals surface area (Å²) in [6.07, 6.45) is 0. The highest BCUT2D eigenvalue weighted by molar-refractivity contribution is 7.22. The van der Waals surface area contributed by atoms with Crippen LogP contribution in [0.25, 0.3) is 10.2 Å². The Labute approximate surface area is 120 Å². The Kier molecular flexibility index (Phi) is 3.05. The van der Waals surface area contributed by atoms with Crippen LogP contribution >= 0.6 is 22.9 Å². The fourth-order valence-corrected chi connectivity index (χ4v) is 2.93. The second kappa shape index (κ2) is 4.72. The van der Waals surface area contributed by atoms with E-state index in [1.165, 1.54) is 11.3 Å². The topological polar surface area (TPSA) is 42.2 Å². The van der Waals surface area contributed by atoms with Crippen LogP contribution in [0.1, 0.15) is 0 Å².